The van der Waals surface area contributed by atoms with Crippen LogP contribution < -0.4 is 5.73 Å². The summed E-state index contributed by atoms with van der Waals surface area (Å²) in [5.41, 5.74) is 4.57. The average molecular weight is 240 g/mol. The molecule has 0 radical (unpaired) electrons. The summed E-state index contributed by atoms with van der Waals surface area (Å²) in [6, 6.07) is 3.25. The topological polar surface area (TPSA) is 96.4 Å². The van der Waals surface area contributed by atoms with Crippen molar-refractivity contribution >= 4 is 5.97 Å². The maximum absolute atomic E-state index is 9.24. The summed E-state index contributed by atoms with van der Waals surface area (Å²) in [4.78, 5) is 12.9. The van der Waals surface area contributed by atoms with E-state index in [9.17, 15) is 4.79 Å². The van der Waals surface area contributed by atoms with Crippen molar-refractivity contribution < 1.29 is 15.0 Å². The van der Waals surface area contributed by atoms with Gasteiger partial charge in [-0.25, -0.2) is 0 Å². The molecule has 2 atom stereocenters. The van der Waals surface area contributed by atoms with Crippen LogP contribution in [0, 0.1) is 11.8 Å². The Labute approximate surface area is 101 Å². The van der Waals surface area contributed by atoms with Crippen molar-refractivity contribution in [2.45, 2.75) is 20.3 Å². The molecule has 1 aromatic heterocycles. The fourth-order valence-corrected chi connectivity index (χ4v) is 0.862. The minimum atomic E-state index is -0.968. The van der Waals surface area contributed by atoms with Gasteiger partial charge in [0, 0.05) is 6.20 Å². The Bertz CT molecular complexity index is 311. The predicted molar refractivity (Wildman–Crippen MR) is 65.5 cm³/mol. The van der Waals surface area contributed by atoms with Gasteiger partial charge in [0.2, 0.25) is 0 Å². The van der Waals surface area contributed by atoms with E-state index in [-0.39, 0.29) is 12.3 Å². The molecular weight excluding hydrogens is 220 g/mol. The summed E-state index contributed by atoms with van der Waals surface area (Å²) < 4.78 is 0. The number of hydrogen-bond acceptors (Lipinski definition) is 4. The third-order valence-electron chi connectivity index (χ3n) is 2.33. The van der Waals surface area contributed by atoms with E-state index in [1.54, 1.807) is 18.3 Å². The van der Waals surface area contributed by atoms with Gasteiger partial charge < -0.3 is 15.9 Å². The first-order valence-corrected chi connectivity index (χ1v) is 5.48. The zero-order chi connectivity index (χ0) is 13.3. The summed E-state index contributed by atoms with van der Waals surface area (Å²) >= 11 is 0. The van der Waals surface area contributed by atoms with Crippen LogP contribution in [0.1, 0.15) is 20.3 Å². The Hall–Kier alpha value is -1.62. The largest absolute Gasteiger partial charge is 0.506 e. The molecule has 2 unspecified atom stereocenters. The van der Waals surface area contributed by atoms with Crippen LogP contribution in [-0.4, -0.2) is 27.7 Å². The van der Waals surface area contributed by atoms with Gasteiger partial charge in [-0.05, 0) is 30.4 Å². The van der Waals surface area contributed by atoms with Crippen LogP contribution in [0.3, 0.4) is 0 Å². The van der Waals surface area contributed by atoms with E-state index in [2.05, 4.69) is 24.6 Å². The molecule has 96 valence electrons. The minimum absolute atomic E-state index is 0.211. The Kier molecular flexibility index (Phi) is 7.71. The Morgan fingerprint density at radius 2 is 2.00 bits per heavy atom. The standard InChI is InChI=1S/C5H5NO.C5H10.C2H5NO2/c7-5-2-1-3-6-4-5;1-4-3-5(4)2;3-1-2(4)5/h1-4,7H;4-5H,3H2,1-2H3;1,3H2,(H,4,5). The summed E-state index contributed by atoms with van der Waals surface area (Å²) in [5.74, 6) is 1.34. The van der Waals surface area contributed by atoms with Gasteiger partial charge >= 0.3 is 5.97 Å². The highest BCUT2D eigenvalue weighted by Gasteiger charge is 2.26. The van der Waals surface area contributed by atoms with Gasteiger partial charge in [0.15, 0.2) is 0 Å². The van der Waals surface area contributed by atoms with E-state index in [4.69, 9.17) is 10.2 Å². The summed E-state index contributed by atoms with van der Waals surface area (Å²) in [6.45, 7) is 4.31. The lowest BCUT2D eigenvalue weighted by Gasteiger charge is -1.81. The molecule has 0 bridgehead atoms. The normalized spacial score (nSPS) is 20.2. The van der Waals surface area contributed by atoms with Crippen LogP contribution in [0.4, 0.5) is 0 Å². The predicted octanol–water partition coefficient (Wildman–Crippen LogP) is 1.48. The zero-order valence-electron chi connectivity index (χ0n) is 10.2. The smallest absolute Gasteiger partial charge is 0.317 e. The van der Waals surface area contributed by atoms with Crippen molar-refractivity contribution in [1.82, 2.24) is 4.98 Å². The first-order valence-electron chi connectivity index (χ1n) is 5.48. The minimum Gasteiger partial charge on any atom is -0.506 e. The number of carboxylic acid groups (broad SMARTS) is 1. The number of aromatic hydroxyl groups is 1. The third-order valence-corrected chi connectivity index (χ3v) is 2.33. The molecule has 2 rings (SSSR count). The molecule has 1 saturated carbocycles. The zero-order valence-corrected chi connectivity index (χ0v) is 10.2. The molecule has 5 nitrogen and oxygen atoms in total. The Morgan fingerprint density at radius 1 is 1.53 bits per heavy atom. The van der Waals surface area contributed by atoms with Crippen LogP contribution in [-0.2, 0) is 4.79 Å². The maximum atomic E-state index is 9.24. The number of carboxylic acids is 1. The van der Waals surface area contributed by atoms with E-state index in [1.165, 1.54) is 12.6 Å². The second-order valence-electron chi connectivity index (χ2n) is 4.00. The number of carbonyl (C=O) groups is 1. The highest BCUT2D eigenvalue weighted by molar-refractivity contribution is 5.68. The fourth-order valence-electron chi connectivity index (χ4n) is 0.862. The van der Waals surface area contributed by atoms with Gasteiger partial charge in [-0.15, -0.1) is 0 Å². The molecule has 0 spiro atoms. The SMILES string of the molecule is CC1CC1C.NCC(=O)O.Oc1cccnc1. The first-order chi connectivity index (χ1) is 7.97. The number of aromatic nitrogens is 1. The van der Waals surface area contributed by atoms with Crippen LogP contribution >= 0.6 is 0 Å². The summed E-state index contributed by atoms with van der Waals surface area (Å²) in [5, 5.41) is 16.2. The van der Waals surface area contributed by atoms with E-state index in [0.29, 0.717) is 0 Å². The molecule has 4 N–H and O–H groups in total. The van der Waals surface area contributed by atoms with Crippen molar-refractivity contribution in [3.05, 3.63) is 24.5 Å². The molecule has 0 amide bonds. The highest BCUT2D eigenvalue weighted by atomic mass is 16.4. The van der Waals surface area contributed by atoms with Crippen molar-refractivity contribution in [1.29, 1.82) is 0 Å². The molecule has 1 heterocycles. The molecule has 0 aromatic carbocycles. The summed E-state index contributed by atoms with van der Waals surface area (Å²) in [7, 11) is 0. The average Bonchev–Trinajstić information content (AvgIpc) is 2.95. The van der Waals surface area contributed by atoms with Crippen LogP contribution in [0.5, 0.6) is 5.75 Å². The lowest BCUT2D eigenvalue weighted by atomic mass is 10.4. The highest BCUT2D eigenvalue weighted by Crippen LogP contribution is 2.36. The van der Waals surface area contributed by atoms with Crippen LogP contribution in [0.2, 0.25) is 0 Å². The first kappa shape index (κ1) is 15.4. The third kappa shape index (κ3) is 10.7. The quantitative estimate of drug-likeness (QED) is 0.691. The molecule has 17 heavy (non-hydrogen) atoms. The van der Waals surface area contributed by atoms with E-state index >= 15 is 0 Å². The van der Waals surface area contributed by atoms with Gasteiger partial charge in [0.25, 0.3) is 0 Å². The Morgan fingerprint density at radius 3 is 2.12 bits per heavy atom. The molecule has 1 aliphatic carbocycles. The number of hydrogen-bond donors (Lipinski definition) is 3. The van der Waals surface area contributed by atoms with Crippen LogP contribution in [0.15, 0.2) is 24.5 Å². The van der Waals surface area contributed by atoms with Crippen molar-refractivity contribution in [3.63, 3.8) is 0 Å². The van der Waals surface area contributed by atoms with Crippen LogP contribution in [0.25, 0.3) is 0 Å². The number of pyridine rings is 1. The van der Waals surface area contributed by atoms with Crippen molar-refractivity contribution in [3.8, 4) is 5.75 Å². The maximum Gasteiger partial charge on any atom is 0.317 e. The van der Waals surface area contributed by atoms with Gasteiger partial charge in [0.05, 0.1) is 12.7 Å². The van der Waals surface area contributed by atoms with Gasteiger partial charge in [0.1, 0.15) is 5.75 Å². The van der Waals surface area contributed by atoms with E-state index < -0.39 is 5.97 Å². The molecule has 0 saturated heterocycles. The number of rotatable bonds is 1. The summed E-state index contributed by atoms with van der Waals surface area (Å²) in [6.07, 6.45) is 4.47. The second kappa shape index (κ2) is 8.52. The fraction of sp³-hybridized carbons (Fsp3) is 0.500. The molecule has 1 aliphatic rings. The van der Waals surface area contributed by atoms with E-state index in [1.807, 2.05) is 0 Å². The Balaban J connectivity index is 0.000000232. The van der Waals surface area contributed by atoms with Crippen molar-refractivity contribution in [2.75, 3.05) is 6.54 Å². The molecule has 1 fully saturated rings. The lowest BCUT2D eigenvalue weighted by molar-refractivity contribution is -0.135. The number of aliphatic carboxylic acids is 1. The number of nitrogens with two attached hydrogens (primary N) is 1. The second-order valence-corrected chi connectivity index (χ2v) is 4.00. The molecular formula is C12H20N2O3. The van der Waals surface area contributed by atoms with Gasteiger partial charge in [-0.3, -0.25) is 9.78 Å². The van der Waals surface area contributed by atoms with Gasteiger partial charge in [-0.2, -0.15) is 0 Å². The van der Waals surface area contributed by atoms with Gasteiger partial charge in [-0.1, -0.05) is 13.8 Å². The molecule has 1 aromatic rings. The number of nitrogens with zero attached hydrogens (tertiary/aromatic N) is 1. The monoisotopic (exact) mass is 240 g/mol. The van der Waals surface area contributed by atoms with E-state index in [0.717, 1.165) is 11.8 Å². The van der Waals surface area contributed by atoms with Crippen molar-refractivity contribution in [2.24, 2.45) is 17.6 Å². The lowest BCUT2D eigenvalue weighted by Crippen LogP contribution is -2.10. The molecule has 5 heteroatoms. The molecule has 0 aliphatic heterocycles.